The predicted octanol–water partition coefficient (Wildman–Crippen LogP) is 7.73. The van der Waals surface area contributed by atoms with Crippen LogP contribution in [-0.4, -0.2) is 16.3 Å². The van der Waals surface area contributed by atoms with E-state index in [4.69, 9.17) is 0 Å². The van der Waals surface area contributed by atoms with Crippen molar-refractivity contribution in [1.82, 2.24) is 4.90 Å². The van der Waals surface area contributed by atoms with E-state index in [-0.39, 0.29) is 11.4 Å². The van der Waals surface area contributed by atoms with E-state index >= 15 is 0 Å². The van der Waals surface area contributed by atoms with E-state index in [1.54, 1.807) is 11.8 Å². The lowest BCUT2D eigenvalue weighted by Gasteiger charge is -2.36. The Balaban J connectivity index is 1.78. The van der Waals surface area contributed by atoms with Crippen LogP contribution in [0.1, 0.15) is 44.4 Å². The van der Waals surface area contributed by atoms with Gasteiger partial charge in [0.15, 0.2) is 0 Å². The van der Waals surface area contributed by atoms with Gasteiger partial charge in [-0.15, -0.1) is 11.8 Å². The number of carbonyl (C=O) groups is 1. The molecule has 0 spiro atoms. The number of thioether (sulfide) groups is 1. The summed E-state index contributed by atoms with van der Waals surface area (Å²) >= 11 is 1.79. The highest BCUT2D eigenvalue weighted by atomic mass is 32.2. The molecule has 1 unspecified atom stereocenters. The van der Waals surface area contributed by atoms with Crippen molar-refractivity contribution >= 4 is 23.4 Å². The molecule has 3 aromatic rings. The van der Waals surface area contributed by atoms with Crippen LogP contribution in [-0.2, 0) is 17.0 Å². The molecule has 0 aromatic heterocycles. The summed E-state index contributed by atoms with van der Waals surface area (Å²) < 4.78 is 0. The van der Waals surface area contributed by atoms with Gasteiger partial charge in [0.25, 0.3) is 0 Å². The molecule has 34 heavy (non-hydrogen) atoms. The summed E-state index contributed by atoms with van der Waals surface area (Å²) in [4.78, 5) is 17.4. The molecule has 0 N–H and O–H groups in total. The zero-order valence-electron chi connectivity index (χ0n) is 20.5. The molecule has 0 saturated carbocycles. The lowest BCUT2D eigenvalue weighted by molar-refractivity contribution is -0.135. The van der Waals surface area contributed by atoms with E-state index in [9.17, 15) is 4.79 Å². The minimum absolute atomic E-state index is 0.141. The zero-order chi connectivity index (χ0) is 24.2. The standard InChI is InChI=1S/C31H33NOS/c1-24(34-23-26-16-10-6-11-17-26)20-31(21-25-14-8-5-9-15-25)22-28(27-18-12-7-13-19-27)32(29(31)33)30(2,3)4/h5-20,22H,21,23H2,1-4H3/b24-20-. The van der Waals surface area contributed by atoms with Crippen molar-refractivity contribution in [3.8, 4) is 0 Å². The fourth-order valence-electron chi connectivity index (χ4n) is 4.57. The highest BCUT2D eigenvalue weighted by Crippen LogP contribution is 2.46. The molecule has 1 amide bonds. The lowest BCUT2D eigenvalue weighted by atomic mass is 9.80. The molecule has 1 atom stereocenters. The van der Waals surface area contributed by atoms with Crippen LogP contribution in [0.2, 0.25) is 0 Å². The van der Waals surface area contributed by atoms with Crippen LogP contribution in [0.5, 0.6) is 0 Å². The van der Waals surface area contributed by atoms with Gasteiger partial charge in [0.1, 0.15) is 0 Å². The molecule has 2 nitrogen and oxygen atoms in total. The maximum atomic E-state index is 14.3. The first-order valence-corrected chi connectivity index (χ1v) is 12.8. The number of nitrogens with zero attached hydrogens (tertiary/aromatic N) is 1. The Hall–Kier alpha value is -3.04. The van der Waals surface area contributed by atoms with Crippen LogP contribution in [0.3, 0.4) is 0 Å². The maximum Gasteiger partial charge on any atom is 0.241 e. The van der Waals surface area contributed by atoms with Gasteiger partial charge in [0.05, 0.1) is 5.41 Å². The van der Waals surface area contributed by atoms with Gasteiger partial charge in [0.2, 0.25) is 5.91 Å². The molecule has 3 aromatic carbocycles. The monoisotopic (exact) mass is 467 g/mol. The van der Waals surface area contributed by atoms with Gasteiger partial charge >= 0.3 is 0 Å². The Morgan fingerprint density at radius 1 is 0.853 bits per heavy atom. The topological polar surface area (TPSA) is 20.3 Å². The largest absolute Gasteiger partial charge is 0.306 e. The van der Waals surface area contributed by atoms with E-state index in [0.29, 0.717) is 6.42 Å². The Kier molecular flexibility index (Phi) is 7.13. The number of benzene rings is 3. The van der Waals surface area contributed by atoms with Crippen LogP contribution < -0.4 is 0 Å². The number of amides is 1. The van der Waals surface area contributed by atoms with E-state index < -0.39 is 5.41 Å². The van der Waals surface area contributed by atoms with Gasteiger partial charge in [-0.3, -0.25) is 4.79 Å². The Bertz CT molecular complexity index is 1180. The highest BCUT2D eigenvalue weighted by molar-refractivity contribution is 8.02. The molecule has 0 saturated heterocycles. The van der Waals surface area contributed by atoms with Crippen LogP contribution in [0.4, 0.5) is 0 Å². The van der Waals surface area contributed by atoms with E-state index in [0.717, 1.165) is 27.5 Å². The summed E-state index contributed by atoms with van der Waals surface area (Å²) in [5.41, 5.74) is 3.44. The van der Waals surface area contributed by atoms with Gasteiger partial charge in [0, 0.05) is 17.0 Å². The van der Waals surface area contributed by atoms with Crippen molar-refractivity contribution < 1.29 is 4.79 Å². The Morgan fingerprint density at radius 2 is 1.38 bits per heavy atom. The second kappa shape index (κ2) is 10.1. The summed E-state index contributed by atoms with van der Waals surface area (Å²) in [6.07, 6.45) is 5.04. The predicted molar refractivity (Wildman–Crippen MR) is 145 cm³/mol. The average molecular weight is 468 g/mol. The molecule has 174 valence electrons. The van der Waals surface area contributed by atoms with Crippen LogP contribution in [0.15, 0.2) is 108 Å². The third-order valence-electron chi connectivity index (χ3n) is 6.09. The molecule has 0 radical (unpaired) electrons. The van der Waals surface area contributed by atoms with E-state index in [1.165, 1.54) is 5.56 Å². The summed E-state index contributed by atoms with van der Waals surface area (Å²) in [6, 6.07) is 31.1. The maximum absolute atomic E-state index is 14.3. The van der Waals surface area contributed by atoms with E-state index in [1.807, 2.05) is 47.4 Å². The summed E-state index contributed by atoms with van der Waals surface area (Å²) in [5.74, 6) is 1.03. The normalized spacial score (nSPS) is 18.8. The van der Waals surface area contributed by atoms with Crippen molar-refractivity contribution in [1.29, 1.82) is 0 Å². The minimum atomic E-state index is -0.729. The molecule has 1 aliphatic heterocycles. The van der Waals surface area contributed by atoms with Gasteiger partial charge in [-0.1, -0.05) is 97.1 Å². The SMILES string of the molecule is C/C(=C/C1(Cc2ccccc2)C=C(c2ccccc2)N(C(C)(C)C)C1=O)SCc1ccccc1. The van der Waals surface area contributed by atoms with Gasteiger partial charge in [-0.25, -0.2) is 0 Å². The highest BCUT2D eigenvalue weighted by Gasteiger charge is 2.48. The van der Waals surface area contributed by atoms with Crippen molar-refractivity contribution in [2.45, 2.75) is 45.4 Å². The average Bonchev–Trinajstić information content (AvgIpc) is 3.11. The van der Waals surface area contributed by atoms with Crippen molar-refractivity contribution in [3.05, 3.63) is 125 Å². The minimum Gasteiger partial charge on any atom is -0.306 e. The fraction of sp³-hybridized carbons (Fsp3) is 0.258. The van der Waals surface area contributed by atoms with Crippen molar-refractivity contribution in [3.63, 3.8) is 0 Å². The second-order valence-electron chi connectivity index (χ2n) is 9.94. The van der Waals surface area contributed by atoms with Crippen molar-refractivity contribution in [2.75, 3.05) is 0 Å². The third kappa shape index (κ3) is 5.37. The summed E-state index contributed by atoms with van der Waals surface area (Å²) in [7, 11) is 0. The zero-order valence-corrected chi connectivity index (χ0v) is 21.3. The van der Waals surface area contributed by atoms with Crippen LogP contribution in [0.25, 0.3) is 5.70 Å². The quantitative estimate of drug-likeness (QED) is 0.354. The van der Waals surface area contributed by atoms with E-state index in [2.05, 4.69) is 88.4 Å². The molecule has 1 aliphatic rings. The molecular formula is C31H33NOS. The Morgan fingerprint density at radius 3 is 1.94 bits per heavy atom. The molecule has 4 rings (SSSR count). The Labute approximate surface area is 208 Å². The third-order valence-corrected chi connectivity index (χ3v) is 7.14. The molecule has 3 heteroatoms. The fourth-order valence-corrected chi connectivity index (χ4v) is 5.45. The molecule has 1 heterocycles. The number of hydrogen-bond donors (Lipinski definition) is 0. The molecule has 0 fully saturated rings. The second-order valence-corrected chi connectivity index (χ2v) is 11.2. The van der Waals surface area contributed by atoms with Gasteiger partial charge in [-0.05, 0) is 61.8 Å². The number of hydrogen-bond acceptors (Lipinski definition) is 2. The first kappa shape index (κ1) is 24.1. The van der Waals surface area contributed by atoms with Crippen LogP contribution in [0, 0.1) is 5.41 Å². The number of allylic oxidation sites excluding steroid dienone is 1. The molecular weight excluding hydrogens is 434 g/mol. The number of carbonyl (C=O) groups excluding carboxylic acids is 1. The lowest BCUT2D eigenvalue weighted by Crippen LogP contribution is -2.46. The number of rotatable bonds is 7. The summed E-state index contributed by atoms with van der Waals surface area (Å²) in [6.45, 7) is 8.46. The molecule has 0 bridgehead atoms. The first-order chi connectivity index (χ1) is 16.3. The first-order valence-electron chi connectivity index (χ1n) is 11.8. The summed E-state index contributed by atoms with van der Waals surface area (Å²) in [5, 5.41) is 0. The molecule has 0 aliphatic carbocycles. The van der Waals surface area contributed by atoms with Crippen molar-refractivity contribution in [2.24, 2.45) is 5.41 Å². The van der Waals surface area contributed by atoms with Gasteiger partial charge < -0.3 is 4.90 Å². The van der Waals surface area contributed by atoms with Crippen LogP contribution >= 0.6 is 11.8 Å². The van der Waals surface area contributed by atoms with Gasteiger partial charge in [-0.2, -0.15) is 0 Å². The smallest absolute Gasteiger partial charge is 0.241 e.